The van der Waals surface area contributed by atoms with Crippen molar-refractivity contribution in [2.75, 3.05) is 25.6 Å². The Morgan fingerprint density at radius 2 is 1.49 bits per heavy atom. The van der Waals surface area contributed by atoms with Gasteiger partial charge in [0.05, 0.1) is 13.2 Å². The number of ketones is 1. The smallest absolute Gasteiger partial charge is 0.328 e. The highest BCUT2D eigenvalue weighted by Gasteiger charge is 2.23. The Balaban J connectivity index is 1.19. The van der Waals surface area contributed by atoms with E-state index in [1.807, 2.05) is 60.7 Å². The van der Waals surface area contributed by atoms with Crippen molar-refractivity contribution in [3.8, 4) is 5.75 Å². The topological polar surface area (TPSA) is 76.7 Å². The molecule has 0 bridgehead atoms. The molecule has 0 aliphatic heterocycles. The number of esters is 1. The Labute approximate surface area is 256 Å². The van der Waals surface area contributed by atoms with Gasteiger partial charge in [0.15, 0.2) is 5.78 Å². The number of carbonyl (C=O) groups excluding carboxylic acids is 2. The Hall–Kier alpha value is -4.72. The van der Waals surface area contributed by atoms with E-state index in [-0.39, 0.29) is 11.8 Å². The van der Waals surface area contributed by atoms with E-state index in [1.165, 1.54) is 17.6 Å². The summed E-state index contributed by atoms with van der Waals surface area (Å²) in [6, 6.07) is 38.0. The third-order valence-corrected chi connectivity index (χ3v) is 8.00. The van der Waals surface area contributed by atoms with E-state index in [9.17, 15) is 9.59 Å². The number of thiophene rings is 1. The van der Waals surface area contributed by atoms with Crippen LogP contribution in [-0.4, -0.2) is 38.1 Å². The second-order valence-corrected chi connectivity index (χ2v) is 10.9. The molecule has 0 amide bonds. The van der Waals surface area contributed by atoms with Crippen LogP contribution in [0.1, 0.15) is 38.0 Å². The first-order valence-electron chi connectivity index (χ1n) is 14.2. The van der Waals surface area contributed by atoms with Crippen LogP contribution in [0.2, 0.25) is 0 Å². The molecule has 0 aliphatic rings. The van der Waals surface area contributed by atoms with Gasteiger partial charge in [0, 0.05) is 34.7 Å². The number of rotatable bonds is 14. The van der Waals surface area contributed by atoms with E-state index in [0.29, 0.717) is 36.4 Å². The van der Waals surface area contributed by atoms with Crippen LogP contribution in [0.4, 0.5) is 5.69 Å². The fraction of sp³-hybridized carbons (Fsp3) is 0.167. The quantitative estimate of drug-likeness (QED) is 0.0830. The van der Waals surface area contributed by atoms with Crippen molar-refractivity contribution >= 4 is 28.8 Å². The van der Waals surface area contributed by atoms with E-state index in [2.05, 4.69) is 52.4 Å². The van der Waals surface area contributed by atoms with Crippen LogP contribution in [0, 0.1) is 0 Å². The van der Waals surface area contributed by atoms with Gasteiger partial charge in [-0.05, 0) is 46.8 Å². The molecule has 5 rings (SSSR count). The summed E-state index contributed by atoms with van der Waals surface area (Å²) >= 11 is 1.73. The van der Waals surface area contributed by atoms with Gasteiger partial charge in [0.1, 0.15) is 18.4 Å². The van der Waals surface area contributed by atoms with E-state index in [0.717, 1.165) is 11.3 Å². The molecule has 0 spiro atoms. The lowest BCUT2D eigenvalue weighted by Crippen LogP contribution is -2.33. The zero-order valence-corrected chi connectivity index (χ0v) is 24.8. The number of hydrogen-bond acceptors (Lipinski definition) is 7. The molecule has 0 saturated heterocycles. The van der Waals surface area contributed by atoms with Crippen molar-refractivity contribution in [3.63, 3.8) is 0 Å². The number of hydrogen-bond donors (Lipinski definition) is 2. The van der Waals surface area contributed by atoms with Crippen LogP contribution in [0.5, 0.6) is 5.75 Å². The third-order valence-electron chi connectivity index (χ3n) is 7.07. The molecule has 2 atom stereocenters. The summed E-state index contributed by atoms with van der Waals surface area (Å²) in [5.41, 5.74) is 3.81. The van der Waals surface area contributed by atoms with Gasteiger partial charge in [-0.15, -0.1) is 11.3 Å². The molecular formula is C36H34N2O4S. The number of benzene rings is 4. The molecule has 1 heterocycles. The summed E-state index contributed by atoms with van der Waals surface area (Å²) in [6.45, 7) is 1.18. The maximum atomic E-state index is 13.2. The van der Waals surface area contributed by atoms with Crippen LogP contribution >= 0.6 is 11.3 Å². The molecule has 7 heteroatoms. The lowest BCUT2D eigenvalue weighted by molar-refractivity contribution is -0.141. The molecule has 1 unspecified atom stereocenters. The fourth-order valence-corrected chi connectivity index (χ4v) is 5.72. The molecule has 0 radical (unpaired) electrons. The van der Waals surface area contributed by atoms with Crippen molar-refractivity contribution in [1.29, 1.82) is 0 Å². The Morgan fingerprint density at radius 3 is 2.19 bits per heavy atom. The first-order valence-corrected chi connectivity index (χ1v) is 15.1. The highest BCUT2D eigenvalue weighted by atomic mass is 32.1. The number of methoxy groups -OCH3 is 1. The summed E-state index contributed by atoms with van der Waals surface area (Å²) in [5.74, 6) is 0.222. The number of para-hydroxylation sites is 1. The average molecular weight is 591 g/mol. The maximum absolute atomic E-state index is 13.2. The van der Waals surface area contributed by atoms with E-state index < -0.39 is 12.0 Å². The Kier molecular flexibility index (Phi) is 10.4. The molecule has 4 aromatic carbocycles. The standard InChI is InChI=1S/C36H34N2O4S/c1-41-36(40)32(38-31-16-9-8-15-30(31)35(39)28-13-6-3-7-14-28)25-26-18-20-29(21-19-26)42-23-22-37-34(33-17-10-24-43-33)27-11-4-2-5-12-27/h2-21,24,32,34,37-38H,22-23,25H2,1H3/t32-,34?/m0/s1. The minimum atomic E-state index is -0.683. The Bertz CT molecular complexity index is 1590. The van der Waals surface area contributed by atoms with Crippen molar-refractivity contribution in [3.05, 3.63) is 154 Å². The van der Waals surface area contributed by atoms with Gasteiger partial charge in [-0.25, -0.2) is 4.79 Å². The number of nitrogens with one attached hydrogen (secondary N) is 2. The second-order valence-electron chi connectivity index (χ2n) is 9.97. The highest BCUT2D eigenvalue weighted by Crippen LogP contribution is 2.26. The van der Waals surface area contributed by atoms with Gasteiger partial charge >= 0.3 is 5.97 Å². The fourth-order valence-electron chi connectivity index (χ4n) is 4.89. The van der Waals surface area contributed by atoms with Crippen molar-refractivity contribution < 1.29 is 19.1 Å². The first-order chi connectivity index (χ1) is 21.1. The predicted octanol–water partition coefficient (Wildman–Crippen LogP) is 6.93. The number of carbonyl (C=O) groups is 2. The van der Waals surface area contributed by atoms with Gasteiger partial charge < -0.3 is 20.1 Å². The van der Waals surface area contributed by atoms with Crippen molar-refractivity contribution in [1.82, 2.24) is 5.32 Å². The van der Waals surface area contributed by atoms with E-state index in [4.69, 9.17) is 9.47 Å². The minimum Gasteiger partial charge on any atom is -0.492 e. The van der Waals surface area contributed by atoms with Crippen LogP contribution in [0.25, 0.3) is 0 Å². The molecular weight excluding hydrogens is 556 g/mol. The SMILES string of the molecule is COC(=O)[C@H](Cc1ccc(OCCNC(c2ccccc2)c2cccs2)cc1)Nc1ccccc1C(=O)c1ccccc1. The molecule has 2 N–H and O–H groups in total. The third kappa shape index (κ3) is 7.97. The average Bonchev–Trinajstić information content (AvgIpc) is 3.60. The largest absolute Gasteiger partial charge is 0.492 e. The summed E-state index contributed by atoms with van der Waals surface area (Å²) in [7, 11) is 1.36. The molecule has 5 aromatic rings. The summed E-state index contributed by atoms with van der Waals surface area (Å²) < 4.78 is 11.1. The minimum absolute atomic E-state index is 0.114. The van der Waals surface area contributed by atoms with Gasteiger partial charge in [0.2, 0.25) is 0 Å². The van der Waals surface area contributed by atoms with Gasteiger partial charge in [-0.2, -0.15) is 0 Å². The van der Waals surface area contributed by atoms with Crippen LogP contribution in [0.15, 0.2) is 127 Å². The highest BCUT2D eigenvalue weighted by molar-refractivity contribution is 7.10. The van der Waals surface area contributed by atoms with Crippen molar-refractivity contribution in [2.24, 2.45) is 0 Å². The monoisotopic (exact) mass is 590 g/mol. The predicted molar refractivity (Wildman–Crippen MR) is 172 cm³/mol. The second kappa shape index (κ2) is 15.0. The molecule has 0 fully saturated rings. The molecule has 6 nitrogen and oxygen atoms in total. The molecule has 43 heavy (non-hydrogen) atoms. The zero-order chi connectivity index (χ0) is 29.9. The normalized spacial score (nSPS) is 12.2. The van der Waals surface area contributed by atoms with Crippen LogP contribution in [-0.2, 0) is 16.0 Å². The summed E-state index contributed by atoms with van der Waals surface area (Å²) in [6.07, 6.45) is 0.377. The lowest BCUT2D eigenvalue weighted by atomic mass is 10.00. The zero-order valence-electron chi connectivity index (χ0n) is 23.9. The summed E-state index contributed by atoms with van der Waals surface area (Å²) in [5, 5.41) is 8.96. The maximum Gasteiger partial charge on any atom is 0.328 e. The van der Waals surface area contributed by atoms with Crippen LogP contribution in [0.3, 0.4) is 0 Å². The Morgan fingerprint density at radius 1 is 0.791 bits per heavy atom. The number of ether oxygens (including phenoxy) is 2. The van der Waals surface area contributed by atoms with Crippen molar-refractivity contribution in [2.45, 2.75) is 18.5 Å². The molecule has 0 saturated carbocycles. The molecule has 0 aliphatic carbocycles. The van der Waals surface area contributed by atoms with Crippen LogP contribution < -0.4 is 15.4 Å². The van der Waals surface area contributed by atoms with Gasteiger partial charge in [-0.1, -0.05) is 91.0 Å². The van der Waals surface area contributed by atoms with Gasteiger partial charge in [0.25, 0.3) is 0 Å². The van der Waals surface area contributed by atoms with Gasteiger partial charge in [-0.3, -0.25) is 4.79 Å². The lowest BCUT2D eigenvalue weighted by Gasteiger charge is -2.20. The molecule has 1 aromatic heterocycles. The summed E-state index contributed by atoms with van der Waals surface area (Å²) in [4.78, 5) is 27.2. The van der Waals surface area contributed by atoms with E-state index >= 15 is 0 Å². The first kappa shape index (κ1) is 29.8. The van der Waals surface area contributed by atoms with E-state index in [1.54, 1.807) is 35.6 Å². The number of anilines is 1. The molecule has 218 valence electrons.